The monoisotopic (exact) mass is 269 g/mol. The lowest BCUT2D eigenvalue weighted by molar-refractivity contribution is 0.407. The first-order valence-corrected chi connectivity index (χ1v) is 6.11. The molecule has 1 heterocycles. The highest BCUT2D eigenvalue weighted by Crippen LogP contribution is 2.27. The highest BCUT2D eigenvalue weighted by atomic mass is 16.5. The van der Waals surface area contributed by atoms with Crippen molar-refractivity contribution in [3.63, 3.8) is 0 Å². The van der Waals surface area contributed by atoms with Gasteiger partial charge in [-0.3, -0.25) is 0 Å². The van der Waals surface area contributed by atoms with Gasteiger partial charge in [0.05, 0.1) is 18.7 Å². The predicted octanol–water partition coefficient (Wildman–Crippen LogP) is 2.77. The van der Waals surface area contributed by atoms with Crippen LogP contribution in [0.3, 0.4) is 0 Å². The summed E-state index contributed by atoms with van der Waals surface area (Å²) in [4.78, 5) is 4.13. The third-order valence-electron chi connectivity index (χ3n) is 2.75. The molecule has 20 heavy (non-hydrogen) atoms. The molecule has 0 aliphatic heterocycles. The van der Waals surface area contributed by atoms with Crippen molar-refractivity contribution in [1.82, 2.24) is 4.98 Å². The Hall–Kier alpha value is -2.58. The van der Waals surface area contributed by atoms with Gasteiger partial charge in [0.1, 0.15) is 11.5 Å². The molecule has 0 fully saturated rings. The van der Waals surface area contributed by atoms with Crippen LogP contribution in [-0.2, 0) is 0 Å². The van der Waals surface area contributed by atoms with E-state index in [4.69, 9.17) is 20.5 Å². The van der Waals surface area contributed by atoms with Gasteiger partial charge in [0, 0.05) is 24.4 Å². The van der Waals surface area contributed by atoms with E-state index in [9.17, 15) is 0 Å². The summed E-state index contributed by atoms with van der Waals surface area (Å²) in [6.07, 6.45) is 1.64. The van der Waals surface area contributed by atoms with Crippen LogP contribution in [0, 0.1) is 11.3 Å². The molecule has 1 aromatic carbocycles. The first-order chi connectivity index (χ1) is 9.62. The number of nitrogens with zero attached hydrogens (tertiary/aromatic N) is 2. The molecular weight excluding hydrogens is 254 g/mol. The zero-order valence-electron chi connectivity index (χ0n) is 11.3. The zero-order chi connectivity index (χ0) is 14.5. The average molecular weight is 269 g/mol. The van der Waals surface area contributed by atoms with E-state index in [0.29, 0.717) is 22.9 Å². The summed E-state index contributed by atoms with van der Waals surface area (Å²) in [7, 11) is 1.54. The Bertz CT molecular complexity index is 648. The van der Waals surface area contributed by atoms with Gasteiger partial charge >= 0.3 is 0 Å². The number of hydrogen-bond acceptors (Lipinski definition) is 5. The minimum atomic E-state index is -0.0969. The minimum absolute atomic E-state index is 0.0969. The first-order valence-electron chi connectivity index (χ1n) is 6.11. The van der Waals surface area contributed by atoms with Crippen molar-refractivity contribution < 1.29 is 9.47 Å². The molecular formula is C15H15N3O2. The van der Waals surface area contributed by atoms with Crippen LogP contribution in [0.4, 0.5) is 0 Å². The third-order valence-corrected chi connectivity index (χ3v) is 2.75. The van der Waals surface area contributed by atoms with Crippen molar-refractivity contribution in [2.24, 2.45) is 5.73 Å². The molecule has 2 aromatic rings. The van der Waals surface area contributed by atoms with Crippen molar-refractivity contribution in [1.29, 1.82) is 5.26 Å². The number of ether oxygens (including phenoxy) is 2. The Morgan fingerprint density at radius 3 is 2.65 bits per heavy atom. The van der Waals surface area contributed by atoms with E-state index in [2.05, 4.69) is 11.1 Å². The van der Waals surface area contributed by atoms with Gasteiger partial charge in [0.2, 0.25) is 5.88 Å². The smallest absolute Gasteiger partial charge is 0.219 e. The minimum Gasteiger partial charge on any atom is -0.497 e. The fourth-order valence-corrected chi connectivity index (χ4v) is 1.70. The number of hydrogen-bond donors (Lipinski definition) is 1. The molecule has 0 aliphatic rings. The molecule has 0 amide bonds. The molecule has 102 valence electrons. The van der Waals surface area contributed by atoms with E-state index in [1.807, 2.05) is 13.0 Å². The maximum Gasteiger partial charge on any atom is 0.219 e. The summed E-state index contributed by atoms with van der Waals surface area (Å²) < 4.78 is 10.8. The van der Waals surface area contributed by atoms with Gasteiger partial charge in [-0.25, -0.2) is 4.98 Å². The summed E-state index contributed by atoms with van der Waals surface area (Å²) >= 11 is 0. The van der Waals surface area contributed by atoms with Gasteiger partial charge in [0.25, 0.3) is 0 Å². The van der Waals surface area contributed by atoms with Crippen LogP contribution in [0.15, 0.2) is 36.5 Å². The van der Waals surface area contributed by atoms with E-state index in [-0.39, 0.29) is 6.04 Å². The van der Waals surface area contributed by atoms with E-state index in [1.54, 1.807) is 30.5 Å². The van der Waals surface area contributed by atoms with Crippen LogP contribution in [0.5, 0.6) is 17.4 Å². The normalized spacial score (nSPS) is 11.5. The Labute approximate surface area is 117 Å². The van der Waals surface area contributed by atoms with Crippen LogP contribution in [0.2, 0.25) is 0 Å². The van der Waals surface area contributed by atoms with Crippen molar-refractivity contribution in [2.75, 3.05) is 7.11 Å². The predicted molar refractivity (Wildman–Crippen MR) is 74.6 cm³/mol. The van der Waals surface area contributed by atoms with Crippen LogP contribution in [0.25, 0.3) is 0 Å². The SMILES string of the molecule is COc1cc(C#N)cc(Oc2cc(C(C)N)ccn2)c1. The standard InChI is InChI=1S/C15H15N3O2/c1-10(17)12-3-4-18-15(7-12)20-14-6-11(9-16)5-13(8-14)19-2/h3-8,10H,17H2,1-2H3. The summed E-state index contributed by atoms with van der Waals surface area (Å²) in [6.45, 7) is 1.89. The fourth-order valence-electron chi connectivity index (χ4n) is 1.70. The maximum absolute atomic E-state index is 8.97. The number of benzene rings is 1. The molecule has 0 saturated heterocycles. The molecule has 5 heteroatoms. The number of aromatic nitrogens is 1. The molecule has 2 rings (SSSR count). The van der Waals surface area contributed by atoms with Crippen LogP contribution >= 0.6 is 0 Å². The molecule has 0 saturated carbocycles. The second-order valence-corrected chi connectivity index (χ2v) is 4.33. The quantitative estimate of drug-likeness (QED) is 0.923. The van der Waals surface area contributed by atoms with Gasteiger partial charge in [-0.1, -0.05) is 0 Å². The summed E-state index contributed by atoms with van der Waals surface area (Å²) in [5, 5.41) is 8.97. The lowest BCUT2D eigenvalue weighted by Gasteiger charge is -2.10. The van der Waals surface area contributed by atoms with E-state index in [1.165, 1.54) is 7.11 Å². The summed E-state index contributed by atoms with van der Waals surface area (Å²) in [5.41, 5.74) is 7.21. The molecule has 1 aromatic heterocycles. The molecule has 1 atom stereocenters. The first kappa shape index (κ1) is 13.8. The lowest BCUT2D eigenvalue weighted by Crippen LogP contribution is -2.05. The Balaban J connectivity index is 2.30. The number of methoxy groups -OCH3 is 1. The van der Waals surface area contributed by atoms with Crippen molar-refractivity contribution in [3.05, 3.63) is 47.7 Å². The molecule has 0 radical (unpaired) electrons. The fraction of sp³-hybridized carbons (Fsp3) is 0.200. The maximum atomic E-state index is 8.97. The van der Waals surface area contributed by atoms with Gasteiger partial charge in [-0.15, -0.1) is 0 Å². The van der Waals surface area contributed by atoms with Crippen molar-refractivity contribution in [3.8, 4) is 23.4 Å². The number of nitriles is 1. The van der Waals surface area contributed by atoms with Crippen LogP contribution < -0.4 is 15.2 Å². The van der Waals surface area contributed by atoms with E-state index < -0.39 is 0 Å². The second-order valence-electron chi connectivity index (χ2n) is 4.33. The van der Waals surface area contributed by atoms with Crippen LogP contribution in [-0.4, -0.2) is 12.1 Å². The number of rotatable bonds is 4. The lowest BCUT2D eigenvalue weighted by atomic mass is 10.1. The molecule has 0 spiro atoms. The molecule has 1 unspecified atom stereocenters. The highest BCUT2D eigenvalue weighted by molar-refractivity contribution is 5.45. The Kier molecular flexibility index (Phi) is 4.18. The number of pyridine rings is 1. The van der Waals surface area contributed by atoms with Gasteiger partial charge in [-0.05, 0) is 30.7 Å². The Morgan fingerprint density at radius 2 is 2.00 bits per heavy atom. The third kappa shape index (κ3) is 3.25. The van der Waals surface area contributed by atoms with Crippen molar-refractivity contribution in [2.45, 2.75) is 13.0 Å². The second kappa shape index (κ2) is 6.04. The molecule has 0 bridgehead atoms. The van der Waals surface area contributed by atoms with Crippen LogP contribution in [0.1, 0.15) is 24.1 Å². The summed E-state index contributed by atoms with van der Waals surface area (Å²) in [5.74, 6) is 1.48. The Morgan fingerprint density at radius 1 is 1.25 bits per heavy atom. The van der Waals surface area contributed by atoms with E-state index >= 15 is 0 Å². The van der Waals surface area contributed by atoms with Gasteiger partial charge < -0.3 is 15.2 Å². The molecule has 5 nitrogen and oxygen atoms in total. The van der Waals surface area contributed by atoms with Gasteiger partial charge in [-0.2, -0.15) is 5.26 Å². The molecule has 0 aliphatic carbocycles. The van der Waals surface area contributed by atoms with Gasteiger partial charge in [0.15, 0.2) is 0 Å². The zero-order valence-corrected chi connectivity index (χ0v) is 11.3. The average Bonchev–Trinajstić information content (AvgIpc) is 2.47. The highest BCUT2D eigenvalue weighted by Gasteiger charge is 2.06. The van der Waals surface area contributed by atoms with Crippen molar-refractivity contribution >= 4 is 0 Å². The largest absolute Gasteiger partial charge is 0.497 e. The molecule has 2 N–H and O–H groups in total. The van der Waals surface area contributed by atoms with E-state index in [0.717, 1.165) is 5.56 Å². The summed E-state index contributed by atoms with van der Waals surface area (Å²) in [6, 6.07) is 10.5. The topological polar surface area (TPSA) is 81.2 Å². The number of nitrogens with two attached hydrogens (primary N) is 1.